The monoisotopic (exact) mass is 264 g/mol. The molecule has 4 heteroatoms. The fourth-order valence-electron chi connectivity index (χ4n) is 1.86. The molecule has 0 radical (unpaired) electrons. The van der Waals surface area contributed by atoms with Gasteiger partial charge in [0.15, 0.2) is 0 Å². The standard InChI is InChI=1S/C14H20N2OS/c1-11(5-6-13-4-3-9-17-13)15-8-7-14-16-12(2)10-18-14/h3-4,9-11,15H,5-8H2,1-2H3. The third-order valence-electron chi connectivity index (χ3n) is 2.90. The highest BCUT2D eigenvalue weighted by atomic mass is 32.1. The number of aromatic nitrogens is 1. The lowest BCUT2D eigenvalue weighted by molar-refractivity contribution is 0.461. The van der Waals surface area contributed by atoms with Crippen LogP contribution < -0.4 is 5.32 Å². The number of aryl methyl sites for hydroxylation is 2. The van der Waals surface area contributed by atoms with Crippen molar-refractivity contribution in [1.82, 2.24) is 10.3 Å². The van der Waals surface area contributed by atoms with Crippen molar-refractivity contribution < 1.29 is 4.42 Å². The maximum Gasteiger partial charge on any atom is 0.103 e. The van der Waals surface area contributed by atoms with Crippen LogP contribution in [0.25, 0.3) is 0 Å². The summed E-state index contributed by atoms with van der Waals surface area (Å²) in [6, 6.07) is 4.49. The topological polar surface area (TPSA) is 38.1 Å². The van der Waals surface area contributed by atoms with Crippen molar-refractivity contribution in [2.75, 3.05) is 6.54 Å². The van der Waals surface area contributed by atoms with E-state index < -0.39 is 0 Å². The smallest absolute Gasteiger partial charge is 0.103 e. The van der Waals surface area contributed by atoms with E-state index in [1.807, 2.05) is 19.1 Å². The molecule has 0 aromatic carbocycles. The summed E-state index contributed by atoms with van der Waals surface area (Å²) in [4.78, 5) is 4.46. The Hall–Kier alpha value is -1.13. The molecule has 0 amide bonds. The van der Waals surface area contributed by atoms with Crippen molar-refractivity contribution in [3.63, 3.8) is 0 Å². The van der Waals surface area contributed by atoms with Gasteiger partial charge in [0.05, 0.1) is 11.3 Å². The molecule has 98 valence electrons. The Morgan fingerprint density at radius 1 is 1.44 bits per heavy atom. The van der Waals surface area contributed by atoms with E-state index in [0.29, 0.717) is 6.04 Å². The van der Waals surface area contributed by atoms with E-state index in [1.165, 1.54) is 5.01 Å². The molecule has 0 bridgehead atoms. The zero-order valence-electron chi connectivity index (χ0n) is 11.0. The second-order valence-electron chi connectivity index (χ2n) is 4.61. The predicted octanol–water partition coefficient (Wildman–Crippen LogP) is 3.20. The maximum absolute atomic E-state index is 5.32. The number of nitrogens with one attached hydrogen (secondary N) is 1. The molecule has 0 aliphatic carbocycles. The Balaban J connectivity index is 1.61. The number of hydrogen-bond donors (Lipinski definition) is 1. The van der Waals surface area contributed by atoms with Crippen LogP contribution >= 0.6 is 11.3 Å². The van der Waals surface area contributed by atoms with Crippen LogP contribution in [-0.4, -0.2) is 17.6 Å². The molecule has 18 heavy (non-hydrogen) atoms. The Bertz CT molecular complexity index is 450. The molecule has 2 aromatic rings. The minimum absolute atomic E-state index is 0.510. The number of hydrogen-bond acceptors (Lipinski definition) is 4. The first-order chi connectivity index (χ1) is 8.74. The van der Waals surface area contributed by atoms with Crippen molar-refractivity contribution in [3.05, 3.63) is 40.2 Å². The Morgan fingerprint density at radius 2 is 2.33 bits per heavy atom. The summed E-state index contributed by atoms with van der Waals surface area (Å²) < 4.78 is 5.32. The van der Waals surface area contributed by atoms with E-state index in [0.717, 1.165) is 37.3 Å². The molecule has 0 saturated heterocycles. The summed E-state index contributed by atoms with van der Waals surface area (Å²) in [6.07, 6.45) is 4.85. The lowest BCUT2D eigenvalue weighted by Crippen LogP contribution is -2.28. The zero-order valence-corrected chi connectivity index (χ0v) is 11.8. The molecule has 0 spiro atoms. The fourth-order valence-corrected chi connectivity index (χ4v) is 2.63. The van der Waals surface area contributed by atoms with Crippen LogP contribution in [0.15, 0.2) is 28.2 Å². The SMILES string of the molecule is Cc1csc(CCNC(C)CCc2ccco2)n1. The van der Waals surface area contributed by atoms with E-state index in [9.17, 15) is 0 Å². The van der Waals surface area contributed by atoms with Gasteiger partial charge in [-0.1, -0.05) is 0 Å². The first kappa shape index (κ1) is 13.3. The molecule has 3 nitrogen and oxygen atoms in total. The van der Waals surface area contributed by atoms with Gasteiger partial charge in [0.2, 0.25) is 0 Å². The zero-order chi connectivity index (χ0) is 12.8. The Kier molecular flexibility index (Phi) is 4.96. The van der Waals surface area contributed by atoms with Crippen molar-refractivity contribution in [3.8, 4) is 0 Å². The van der Waals surface area contributed by atoms with Gasteiger partial charge < -0.3 is 9.73 Å². The molecular formula is C14H20N2OS. The Labute approximate surface area is 112 Å². The molecule has 0 fully saturated rings. The van der Waals surface area contributed by atoms with Crippen LogP contribution in [0.1, 0.15) is 29.8 Å². The van der Waals surface area contributed by atoms with Crippen molar-refractivity contribution in [1.29, 1.82) is 0 Å². The van der Waals surface area contributed by atoms with E-state index in [1.54, 1.807) is 17.6 Å². The molecule has 2 rings (SSSR count). The van der Waals surface area contributed by atoms with Crippen LogP contribution in [0.4, 0.5) is 0 Å². The molecule has 1 N–H and O–H groups in total. The molecule has 0 aliphatic rings. The summed E-state index contributed by atoms with van der Waals surface area (Å²) in [7, 11) is 0. The van der Waals surface area contributed by atoms with Gasteiger partial charge in [-0.15, -0.1) is 11.3 Å². The van der Waals surface area contributed by atoms with Gasteiger partial charge in [0.1, 0.15) is 5.76 Å². The summed E-state index contributed by atoms with van der Waals surface area (Å²) in [5.74, 6) is 1.07. The average Bonchev–Trinajstić information content (AvgIpc) is 2.98. The van der Waals surface area contributed by atoms with Gasteiger partial charge in [-0.25, -0.2) is 4.98 Å². The summed E-state index contributed by atoms with van der Waals surface area (Å²) in [5, 5.41) is 6.86. The van der Waals surface area contributed by atoms with E-state index >= 15 is 0 Å². The Morgan fingerprint density at radius 3 is 3.00 bits per heavy atom. The normalized spacial score (nSPS) is 12.8. The van der Waals surface area contributed by atoms with E-state index in [-0.39, 0.29) is 0 Å². The highest BCUT2D eigenvalue weighted by Gasteiger charge is 2.04. The number of rotatable bonds is 7. The summed E-state index contributed by atoms with van der Waals surface area (Å²) in [5.41, 5.74) is 1.13. The first-order valence-corrected chi connectivity index (χ1v) is 7.29. The number of nitrogens with zero attached hydrogens (tertiary/aromatic N) is 1. The minimum atomic E-state index is 0.510. The number of thiazole rings is 1. The first-order valence-electron chi connectivity index (χ1n) is 6.41. The van der Waals surface area contributed by atoms with Gasteiger partial charge in [-0.3, -0.25) is 0 Å². The van der Waals surface area contributed by atoms with Crippen LogP contribution in [0.5, 0.6) is 0 Å². The minimum Gasteiger partial charge on any atom is -0.469 e. The molecule has 0 aliphatic heterocycles. The van der Waals surface area contributed by atoms with E-state index in [4.69, 9.17) is 4.42 Å². The van der Waals surface area contributed by atoms with Gasteiger partial charge in [0.25, 0.3) is 0 Å². The van der Waals surface area contributed by atoms with Crippen LogP contribution in [0.2, 0.25) is 0 Å². The molecule has 2 aromatic heterocycles. The van der Waals surface area contributed by atoms with Crippen molar-refractivity contribution in [2.45, 2.75) is 39.2 Å². The third kappa shape index (κ3) is 4.27. The highest BCUT2D eigenvalue weighted by molar-refractivity contribution is 7.09. The average molecular weight is 264 g/mol. The second kappa shape index (κ2) is 6.71. The quantitative estimate of drug-likeness (QED) is 0.834. The van der Waals surface area contributed by atoms with Gasteiger partial charge in [0, 0.05) is 36.5 Å². The van der Waals surface area contributed by atoms with Gasteiger partial charge in [-0.2, -0.15) is 0 Å². The largest absolute Gasteiger partial charge is 0.469 e. The molecule has 2 heterocycles. The fraction of sp³-hybridized carbons (Fsp3) is 0.500. The van der Waals surface area contributed by atoms with Crippen molar-refractivity contribution in [2.24, 2.45) is 0 Å². The molecular weight excluding hydrogens is 244 g/mol. The van der Waals surface area contributed by atoms with Gasteiger partial charge >= 0.3 is 0 Å². The lowest BCUT2D eigenvalue weighted by Gasteiger charge is -2.12. The predicted molar refractivity (Wildman–Crippen MR) is 75.0 cm³/mol. The lowest BCUT2D eigenvalue weighted by atomic mass is 10.1. The van der Waals surface area contributed by atoms with Crippen LogP contribution in [-0.2, 0) is 12.8 Å². The number of furan rings is 1. The summed E-state index contributed by atoms with van der Waals surface area (Å²) >= 11 is 1.75. The summed E-state index contributed by atoms with van der Waals surface area (Å²) in [6.45, 7) is 5.25. The third-order valence-corrected chi connectivity index (χ3v) is 3.93. The second-order valence-corrected chi connectivity index (χ2v) is 5.55. The molecule has 1 unspecified atom stereocenters. The molecule has 0 saturated carbocycles. The molecule has 1 atom stereocenters. The van der Waals surface area contributed by atoms with Crippen LogP contribution in [0, 0.1) is 6.92 Å². The van der Waals surface area contributed by atoms with Gasteiger partial charge in [-0.05, 0) is 32.4 Å². The van der Waals surface area contributed by atoms with Crippen molar-refractivity contribution >= 4 is 11.3 Å². The highest BCUT2D eigenvalue weighted by Crippen LogP contribution is 2.09. The van der Waals surface area contributed by atoms with E-state index in [2.05, 4.69) is 22.6 Å². The van der Waals surface area contributed by atoms with Crippen LogP contribution in [0.3, 0.4) is 0 Å². The maximum atomic E-state index is 5.32.